The zero-order valence-electron chi connectivity index (χ0n) is 11.3. The third kappa shape index (κ3) is 2.58. The van der Waals surface area contributed by atoms with Gasteiger partial charge in [0.15, 0.2) is 5.78 Å². The highest BCUT2D eigenvalue weighted by molar-refractivity contribution is 6.11. The van der Waals surface area contributed by atoms with Gasteiger partial charge in [-0.3, -0.25) is 9.59 Å². The van der Waals surface area contributed by atoms with Crippen molar-refractivity contribution in [3.05, 3.63) is 59.2 Å². The number of nitrogen functional groups attached to an aromatic ring is 1. The van der Waals surface area contributed by atoms with E-state index in [9.17, 15) is 9.59 Å². The van der Waals surface area contributed by atoms with Crippen LogP contribution in [0, 0.1) is 0 Å². The van der Waals surface area contributed by atoms with Gasteiger partial charge in [-0.05, 0) is 30.3 Å². The Hall–Kier alpha value is -2.82. The van der Waals surface area contributed by atoms with Crippen LogP contribution in [0.1, 0.15) is 26.3 Å². The lowest BCUT2D eigenvalue weighted by molar-refractivity contribution is 0.0957. The third-order valence-electron chi connectivity index (χ3n) is 3.28. The van der Waals surface area contributed by atoms with E-state index in [-0.39, 0.29) is 11.7 Å². The molecule has 2 aromatic carbocycles. The van der Waals surface area contributed by atoms with E-state index >= 15 is 0 Å². The first-order valence-electron chi connectivity index (χ1n) is 6.60. The molecule has 0 aliphatic carbocycles. The quantitative estimate of drug-likeness (QED) is 0.648. The first kappa shape index (κ1) is 13.2. The number of ketones is 1. The lowest BCUT2D eigenvalue weighted by atomic mass is 10.00. The number of carbonyl (C=O) groups is 2. The van der Waals surface area contributed by atoms with E-state index < -0.39 is 0 Å². The second-order valence-electron chi connectivity index (χ2n) is 4.77. The van der Waals surface area contributed by atoms with Crippen LogP contribution in [-0.2, 0) is 0 Å². The number of nitrogens with one attached hydrogen (secondary N) is 1. The number of nitrogens with two attached hydrogens (primary N) is 1. The molecular weight excluding hydrogens is 268 g/mol. The molecule has 1 amide bonds. The van der Waals surface area contributed by atoms with E-state index in [1.807, 2.05) is 0 Å². The number of fused-ring (bicyclic) bond motifs is 1. The lowest BCUT2D eigenvalue weighted by Crippen LogP contribution is -2.24. The van der Waals surface area contributed by atoms with Gasteiger partial charge in [-0.2, -0.15) is 0 Å². The molecule has 1 aliphatic heterocycles. The minimum absolute atomic E-state index is 0.179. The molecule has 5 heteroatoms. The van der Waals surface area contributed by atoms with Crippen LogP contribution in [-0.4, -0.2) is 24.8 Å². The highest BCUT2D eigenvalue weighted by Gasteiger charge is 2.19. The zero-order chi connectivity index (χ0) is 14.8. The molecule has 106 valence electrons. The SMILES string of the molecule is Nc1cccc(C(=O)c2ccc3c(c2)C(=O)NCCO3)c1. The summed E-state index contributed by atoms with van der Waals surface area (Å²) in [4.78, 5) is 24.4. The van der Waals surface area contributed by atoms with E-state index in [0.29, 0.717) is 41.3 Å². The molecule has 5 nitrogen and oxygen atoms in total. The van der Waals surface area contributed by atoms with Gasteiger partial charge in [-0.1, -0.05) is 12.1 Å². The number of rotatable bonds is 2. The first-order chi connectivity index (χ1) is 10.1. The maximum Gasteiger partial charge on any atom is 0.255 e. The fraction of sp³-hybridized carbons (Fsp3) is 0.125. The van der Waals surface area contributed by atoms with Crippen molar-refractivity contribution in [2.75, 3.05) is 18.9 Å². The van der Waals surface area contributed by atoms with Crippen molar-refractivity contribution in [3.8, 4) is 5.75 Å². The molecule has 0 saturated heterocycles. The molecule has 0 unspecified atom stereocenters. The van der Waals surface area contributed by atoms with Crippen molar-refractivity contribution in [1.29, 1.82) is 0 Å². The second kappa shape index (κ2) is 5.28. The topological polar surface area (TPSA) is 81.4 Å². The number of carbonyl (C=O) groups excluding carboxylic acids is 2. The number of amides is 1. The molecule has 0 fully saturated rings. The van der Waals surface area contributed by atoms with Gasteiger partial charge in [0.25, 0.3) is 5.91 Å². The van der Waals surface area contributed by atoms with Crippen molar-refractivity contribution in [2.24, 2.45) is 0 Å². The molecule has 0 atom stereocenters. The summed E-state index contributed by atoms with van der Waals surface area (Å²) in [5, 5.41) is 2.72. The fourth-order valence-electron chi connectivity index (χ4n) is 2.24. The minimum Gasteiger partial charge on any atom is -0.491 e. The Labute approximate surface area is 121 Å². The van der Waals surface area contributed by atoms with Gasteiger partial charge in [-0.25, -0.2) is 0 Å². The minimum atomic E-state index is -0.232. The van der Waals surface area contributed by atoms with Crippen molar-refractivity contribution in [1.82, 2.24) is 5.32 Å². The number of ether oxygens (including phenoxy) is 1. The summed E-state index contributed by atoms with van der Waals surface area (Å²) in [6.07, 6.45) is 0. The Bertz CT molecular complexity index is 725. The Morgan fingerprint density at radius 1 is 1.14 bits per heavy atom. The van der Waals surface area contributed by atoms with Crippen molar-refractivity contribution in [2.45, 2.75) is 0 Å². The van der Waals surface area contributed by atoms with Crippen LogP contribution in [0.25, 0.3) is 0 Å². The molecule has 3 N–H and O–H groups in total. The largest absolute Gasteiger partial charge is 0.491 e. The predicted octanol–water partition coefficient (Wildman–Crippen LogP) is 1.62. The molecule has 1 aliphatic rings. The fourth-order valence-corrected chi connectivity index (χ4v) is 2.24. The highest BCUT2D eigenvalue weighted by atomic mass is 16.5. The van der Waals surface area contributed by atoms with Crippen LogP contribution < -0.4 is 15.8 Å². The Kier molecular flexibility index (Phi) is 3.31. The van der Waals surface area contributed by atoms with Crippen molar-refractivity contribution in [3.63, 3.8) is 0 Å². The van der Waals surface area contributed by atoms with Gasteiger partial charge in [0, 0.05) is 16.8 Å². The Balaban J connectivity index is 2.00. The highest BCUT2D eigenvalue weighted by Crippen LogP contribution is 2.23. The van der Waals surface area contributed by atoms with Crippen LogP contribution in [0.4, 0.5) is 5.69 Å². The van der Waals surface area contributed by atoms with Crippen molar-refractivity contribution < 1.29 is 14.3 Å². The van der Waals surface area contributed by atoms with E-state index in [2.05, 4.69) is 5.32 Å². The average Bonchev–Trinajstić information content (AvgIpc) is 2.68. The molecular formula is C16H14N2O3. The van der Waals surface area contributed by atoms with Gasteiger partial charge < -0.3 is 15.8 Å². The molecule has 0 radical (unpaired) electrons. The second-order valence-corrected chi connectivity index (χ2v) is 4.77. The Morgan fingerprint density at radius 3 is 2.76 bits per heavy atom. The van der Waals surface area contributed by atoms with E-state index in [1.165, 1.54) is 0 Å². The van der Waals surface area contributed by atoms with Gasteiger partial charge in [0.05, 0.1) is 12.1 Å². The molecule has 1 heterocycles. The molecule has 3 rings (SSSR count). The molecule has 21 heavy (non-hydrogen) atoms. The zero-order valence-corrected chi connectivity index (χ0v) is 11.3. The first-order valence-corrected chi connectivity index (χ1v) is 6.60. The van der Waals surface area contributed by atoms with Crippen molar-refractivity contribution >= 4 is 17.4 Å². The average molecular weight is 282 g/mol. The molecule has 0 aromatic heterocycles. The summed E-state index contributed by atoms with van der Waals surface area (Å²) in [5.41, 5.74) is 7.51. The van der Waals surface area contributed by atoms with Gasteiger partial charge in [0.2, 0.25) is 0 Å². The molecule has 2 aromatic rings. The van der Waals surface area contributed by atoms with Gasteiger partial charge >= 0.3 is 0 Å². The third-order valence-corrected chi connectivity index (χ3v) is 3.28. The lowest BCUT2D eigenvalue weighted by Gasteiger charge is -2.08. The number of hydrogen-bond donors (Lipinski definition) is 2. The van der Waals surface area contributed by atoms with Crippen LogP contribution in [0.5, 0.6) is 5.75 Å². The Morgan fingerprint density at radius 2 is 1.95 bits per heavy atom. The van der Waals surface area contributed by atoms with E-state index in [4.69, 9.17) is 10.5 Å². The molecule has 0 bridgehead atoms. The van der Waals surface area contributed by atoms with Crippen LogP contribution >= 0.6 is 0 Å². The normalized spacial score (nSPS) is 13.6. The summed E-state index contributed by atoms with van der Waals surface area (Å²) < 4.78 is 5.46. The number of anilines is 1. The monoisotopic (exact) mass is 282 g/mol. The summed E-state index contributed by atoms with van der Waals surface area (Å²) in [6, 6.07) is 11.6. The van der Waals surface area contributed by atoms with Gasteiger partial charge in [-0.15, -0.1) is 0 Å². The summed E-state index contributed by atoms with van der Waals surface area (Å²) >= 11 is 0. The summed E-state index contributed by atoms with van der Waals surface area (Å²) in [6.45, 7) is 0.868. The number of hydrogen-bond acceptors (Lipinski definition) is 4. The maximum atomic E-state index is 12.4. The molecule has 0 spiro atoms. The van der Waals surface area contributed by atoms with E-state index in [0.717, 1.165) is 0 Å². The standard InChI is InChI=1S/C16H14N2O3/c17-12-3-1-2-10(8-12)15(19)11-4-5-14-13(9-11)16(20)18-6-7-21-14/h1-5,8-9H,6-7,17H2,(H,18,20). The maximum absolute atomic E-state index is 12.4. The van der Waals surface area contributed by atoms with Crippen LogP contribution in [0.15, 0.2) is 42.5 Å². The number of benzene rings is 2. The van der Waals surface area contributed by atoms with E-state index in [1.54, 1.807) is 42.5 Å². The summed E-state index contributed by atoms with van der Waals surface area (Å²) in [7, 11) is 0. The van der Waals surface area contributed by atoms with Crippen LogP contribution in [0.2, 0.25) is 0 Å². The van der Waals surface area contributed by atoms with Gasteiger partial charge in [0.1, 0.15) is 12.4 Å². The molecule has 0 saturated carbocycles. The van der Waals surface area contributed by atoms with Crippen LogP contribution in [0.3, 0.4) is 0 Å². The predicted molar refractivity (Wildman–Crippen MR) is 78.6 cm³/mol. The summed E-state index contributed by atoms with van der Waals surface area (Å²) in [5.74, 6) is 0.0843. The smallest absolute Gasteiger partial charge is 0.255 e.